The van der Waals surface area contributed by atoms with E-state index in [-0.39, 0.29) is 11.9 Å². The maximum Gasteiger partial charge on any atom is 0.251 e. The number of amides is 1. The summed E-state index contributed by atoms with van der Waals surface area (Å²) in [5, 5.41) is 4.55. The molecule has 1 N–H and O–H groups in total. The van der Waals surface area contributed by atoms with Gasteiger partial charge in [0.15, 0.2) is 0 Å². The van der Waals surface area contributed by atoms with E-state index in [1.807, 2.05) is 48.2 Å². The second-order valence-electron chi connectivity index (χ2n) is 9.41. The first-order valence-electron chi connectivity index (χ1n) is 13.0. The fraction of sp³-hybridized carbons (Fsp3) is 0.188. The molecule has 0 bridgehead atoms. The Labute approximate surface area is 243 Å². The van der Waals surface area contributed by atoms with Gasteiger partial charge in [-0.15, -0.1) is 11.8 Å². The zero-order valence-electron chi connectivity index (χ0n) is 21.6. The van der Waals surface area contributed by atoms with E-state index in [2.05, 4.69) is 53.2 Å². The molecular weight excluding hydrogens is 545 g/mol. The summed E-state index contributed by atoms with van der Waals surface area (Å²) >= 11 is 14.2. The summed E-state index contributed by atoms with van der Waals surface area (Å²) in [5.41, 5.74) is 4.65. The first-order valence-corrected chi connectivity index (χ1v) is 14.7. The quantitative estimate of drug-likeness (QED) is 0.170. The van der Waals surface area contributed by atoms with Crippen LogP contribution in [0.15, 0.2) is 102 Å². The molecule has 39 heavy (non-hydrogen) atoms. The highest BCUT2D eigenvalue weighted by atomic mass is 35.5. The van der Waals surface area contributed by atoms with E-state index in [4.69, 9.17) is 28.2 Å². The number of halogens is 2. The van der Waals surface area contributed by atoms with Crippen LogP contribution in [0, 0.1) is 0 Å². The second kappa shape index (κ2) is 12.7. The molecule has 1 unspecified atom stereocenters. The predicted molar refractivity (Wildman–Crippen MR) is 163 cm³/mol. The van der Waals surface area contributed by atoms with Gasteiger partial charge in [0.2, 0.25) is 0 Å². The van der Waals surface area contributed by atoms with Crippen LogP contribution < -0.4 is 5.32 Å². The SMILES string of the molecule is CCCSc1ccc2c(c1)nc(C(Cc1ccccc1)NC(=O)c1ccc(Cl)cc1)n2Cc1cccc(Cl)c1. The van der Waals surface area contributed by atoms with Crippen LogP contribution in [0.4, 0.5) is 0 Å². The molecule has 0 aliphatic heterocycles. The lowest BCUT2D eigenvalue weighted by atomic mass is 10.0. The third-order valence-corrected chi connectivity index (χ3v) is 8.14. The summed E-state index contributed by atoms with van der Waals surface area (Å²) in [6.45, 7) is 2.76. The molecule has 0 aliphatic rings. The Morgan fingerprint density at radius 3 is 2.41 bits per heavy atom. The molecular formula is C32H29Cl2N3OS. The number of benzene rings is 4. The van der Waals surface area contributed by atoms with Crippen LogP contribution in [0.2, 0.25) is 10.0 Å². The highest BCUT2D eigenvalue weighted by Crippen LogP contribution is 2.29. The predicted octanol–water partition coefficient (Wildman–Crippen LogP) is 8.61. The van der Waals surface area contributed by atoms with Crippen LogP contribution >= 0.6 is 35.0 Å². The fourth-order valence-corrected chi connectivity index (χ4v) is 5.73. The molecule has 5 aromatic rings. The van der Waals surface area contributed by atoms with Crippen molar-refractivity contribution < 1.29 is 4.79 Å². The van der Waals surface area contributed by atoms with Crippen molar-refractivity contribution in [3.63, 3.8) is 0 Å². The van der Waals surface area contributed by atoms with Crippen molar-refractivity contribution in [1.82, 2.24) is 14.9 Å². The molecule has 0 aliphatic carbocycles. The van der Waals surface area contributed by atoms with Gasteiger partial charge in [0, 0.05) is 27.0 Å². The van der Waals surface area contributed by atoms with Gasteiger partial charge in [-0.3, -0.25) is 4.79 Å². The molecule has 1 heterocycles. The van der Waals surface area contributed by atoms with Crippen LogP contribution in [0.1, 0.15) is 46.7 Å². The van der Waals surface area contributed by atoms with E-state index in [0.29, 0.717) is 28.6 Å². The number of aromatic nitrogens is 2. The van der Waals surface area contributed by atoms with Gasteiger partial charge < -0.3 is 9.88 Å². The van der Waals surface area contributed by atoms with Crippen LogP contribution in [0.25, 0.3) is 11.0 Å². The third kappa shape index (κ3) is 6.85. The molecule has 0 radical (unpaired) electrons. The molecule has 1 aromatic heterocycles. The highest BCUT2D eigenvalue weighted by molar-refractivity contribution is 7.99. The number of hydrogen-bond donors (Lipinski definition) is 1. The van der Waals surface area contributed by atoms with Gasteiger partial charge >= 0.3 is 0 Å². The van der Waals surface area contributed by atoms with Crippen LogP contribution in [-0.2, 0) is 13.0 Å². The molecule has 7 heteroatoms. The standard InChI is InChI=1S/C32H29Cl2N3OS/c1-2-17-39-27-15-16-30-28(20-27)35-31(37(30)21-23-9-6-10-26(34)18-23)29(19-22-7-4-3-5-8-22)36-32(38)24-11-13-25(33)14-12-24/h3-16,18,20,29H,2,17,19,21H2,1H3,(H,36,38). The lowest BCUT2D eigenvalue weighted by Gasteiger charge is -2.21. The van der Waals surface area contributed by atoms with E-state index in [1.165, 1.54) is 4.90 Å². The van der Waals surface area contributed by atoms with Crippen molar-refractivity contribution in [3.8, 4) is 0 Å². The minimum Gasteiger partial charge on any atom is -0.342 e. The van der Waals surface area contributed by atoms with E-state index >= 15 is 0 Å². The minimum absolute atomic E-state index is 0.173. The fourth-order valence-electron chi connectivity index (χ4n) is 4.59. The summed E-state index contributed by atoms with van der Waals surface area (Å²) in [6.07, 6.45) is 1.70. The first-order chi connectivity index (χ1) is 19.0. The van der Waals surface area contributed by atoms with E-state index < -0.39 is 0 Å². The van der Waals surface area contributed by atoms with Gasteiger partial charge in [0.05, 0.1) is 17.1 Å². The van der Waals surface area contributed by atoms with Crippen molar-refractivity contribution in [2.45, 2.75) is 37.2 Å². The number of hydrogen-bond acceptors (Lipinski definition) is 3. The summed E-state index contributed by atoms with van der Waals surface area (Å²) in [5.74, 6) is 1.68. The van der Waals surface area contributed by atoms with Gasteiger partial charge in [-0.05, 0) is 84.3 Å². The van der Waals surface area contributed by atoms with Crippen molar-refractivity contribution in [2.75, 3.05) is 5.75 Å². The van der Waals surface area contributed by atoms with Gasteiger partial charge in [-0.25, -0.2) is 4.98 Å². The number of thioether (sulfide) groups is 1. The largest absolute Gasteiger partial charge is 0.342 e. The van der Waals surface area contributed by atoms with Gasteiger partial charge in [0.25, 0.3) is 5.91 Å². The highest BCUT2D eigenvalue weighted by Gasteiger charge is 2.24. The van der Waals surface area contributed by atoms with E-state index in [9.17, 15) is 4.79 Å². The van der Waals surface area contributed by atoms with Crippen molar-refractivity contribution >= 4 is 51.9 Å². The van der Waals surface area contributed by atoms with Crippen molar-refractivity contribution in [3.05, 3.63) is 130 Å². The molecule has 1 amide bonds. The number of imidazole rings is 1. The van der Waals surface area contributed by atoms with Crippen molar-refractivity contribution in [1.29, 1.82) is 0 Å². The zero-order valence-corrected chi connectivity index (χ0v) is 23.9. The van der Waals surface area contributed by atoms with Gasteiger partial charge in [-0.2, -0.15) is 0 Å². The maximum atomic E-state index is 13.4. The Kier molecular flexibility index (Phi) is 8.92. The average molecular weight is 575 g/mol. The number of fused-ring (bicyclic) bond motifs is 1. The second-order valence-corrected chi connectivity index (χ2v) is 11.4. The molecule has 0 saturated carbocycles. The van der Waals surface area contributed by atoms with E-state index in [1.54, 1.807) is 24.3 Å². The van der Waals surface area contributed by atoms with Crippen molar-refractivity contribution in [2.24, 2.45) is 0 Å². The van der Waals surface area contributed by atoms with Gasteiger partial charge in [0.1, 0.15) is 5.82 Å². The number of rotatable bonds is 10. The number of carbonyl (C=O) groups is 1. The van der Waals surface area contributed by atoms with Crippen LogP contribution in [0.5, 0.6) is 0 Å². The smallest absolute Gasteiger partial charge is 0.251 e. The molecule has 4 nitrogen and oxygen atoms in total. The normalized spacial score (nSPS) is 12.0. The third-order valence-electron chi connectivity index (χ3n) is 6.46. The molecule has 4 aromatic carbocycles. The Hall–Kier alpha value is -3.25. The number of nitrogens with one attached hydrogen (secondary N) is 1. The Balaban J connectivity index is 1.59. The number of nitrogens with zero attached hydrogens (tertiary/aromatic N) is 2. The molecule has 0 saturated heterocycles. The molecule has 0 fully saturated rings. The topological polar surface area (TPSA) is 46.9 Å². The maximum absolute atomic E-state index is 13.4. The Morgan fingerprint density at radius 2 is 1.67 bits per heavy atom. The van der Waals surface area contributed by atoms with Crippen LogP contribution in [-0.4, -0.2) is 21.2 Å². The summed E-state index contributed by atoms with van der Waals surface area (Å²) in [4.78, 5) is 19.7. The molecule has 198 valence electrons. The lowest BCUT2D eigenvalue weighted by Crippen LogP contribution is -2.32. The molecule has 5 rings (SSSR count). The molecule has 0 spiro atoms. The molecule has 1 atom stereocenters. The minimum atomic E-state index is -0.367. The van der Waals surface area contributed by atoms with E-state index in [0.717, 1.165) is 40.2 Å². The van der Waals surface area contributed by atoms with Crippen LogP contribution in [0.3, 0.4) is 0 Å². The summed E-state index contributed by atoms with van der Waals surface area (Å²) < 4.78 is 2.20. The average Bonchev–Trinajstić information content (AvgIpc) is 3.29. The Morgan fingerprint density at radius 1 is 0.897 bits per heavy atom. The summed E-state index contributed by atoms with van der Waals surface area (Å²) in [7, 11) is 0. The monoisotopic (exact) mass is 573 g/mol. The summed E-state index contributed by atoms with van der Waals surface area (Å²) in [6, 6.07) is 31.0. The Bertz CT molecular complexity index is 1570. The lowest BCUT2D eigenvalue weighted by molar-refractivity contribution is 0.0934. The van der Waals surface area contributed by atoms with Gasteiger partial charge in [-0.1, -0.05) is 72.6 Å². The number of carbonyl (C=O) groups excluding carboxylic acids is 1. The zero-order chi connectivity index (χ0) is 27.2. The first kappa shape index (κ1) is 27.3.